The Kier molecular flexibility index (Phi) is 9.94. The second-order valence-corrected chi connectivity index (χ2v) is 4.26. The highest BCUT2D eigenvalue weighted by Gasteiger charge is 2.03. The number of ether oxygens (including phenoxy) is 1. The van der Waals surface area contributed by atoms with Gasteiger partial charge in [-0.15, -0.1) is 12.4 Å². The molecule has 108 valence electrons. The first kappa shape index (κ1) is 17.7. The number of amides is 1. The summed E-state index contributed by atoms with van der Waals surface area (Å²) in [6.45, 7) is 3.26. The van der Waals surface area contributed by atoms with Gasteiger partial charge in [0.1, 0.15) is 5.75 Å². The minimum atomic E-state index is 0. The van der Waals surface area contributed by atoms with Crippen molar-refractivity contribution in [3.63, 3.8) is 0 Å². The summed E-state index contributed by atoms with van der Waals surface area (Å²) < 4.78 is 5.51. The lowest BCUT2D eigenvalue weighted by molar-refractivity contribution is -0.121. The molecule has 0 saturated heterocycles. The fourth-order valence-corrected chi connectivity index (χ4v) is 1.40. The maximum Gasteiger partial charge on any atom is 0.220 e. The molecule has 1 unspecified atom stereocenters. The van der Waals surface area contributed by atoms with Gasteiger partial charge in [-0.25, -0.2) is 0 Å². The molecule has 19 heavy (non-hydrogen) atoms. The Morgan fingerprint density at radius 2 is 2.00 bits per heavy atom. The van der Waals surface area contributed by atoms with Gasteiger partial charge in [-0.2, -0.15) is 0 Å². The van der Waals surface area contributed by atoms with Gasteiger partial charge in [0.15, 0.2) is 0 Å². The molecule has 0 aliphatic rings. The molecule has 4 nitrogen and oxygen atoms in total. The summed E-state index contributed by atoms with van der Waals surface area (Å²) in [7, 11) is 1.88. The van der Waals surface area contributed by atoms with E-state index in [0.29, 0.717) is 25.6 Å². The van der Waals surface area contributed by atoms with Gasteiger partial charge in [-0.05, 0) is 32.5 Å². The van der Waals surface area contributed by atoms with Crippen molar-refractivity contribution in [1.82, 2.24) is 10.6 Å². The lowest BCUT2D eigenvalue weighted by atomic mass is 10.3. The number of carbonyl (C=O) groups is 1. The smallest absolute Gasteiger partial charge is 0.220 e. The molecule has 0 fully saturated rings. The van der Waals surface area contributed by atoms with Crippen LogP contribution in [-0.4, -0.2) is 32.1 Å². The van der Waals surface area contributed by atoms with E-state index >= 15 is 0 Å². The molecule has 1 amide bonds. The highest BCUT2D eigenvalue weighted by atomic mass is 35.5. The Balaban J connectivity index is 0.00000324. The third kappa shape index (κ3) is 8.46. The van der Waals surface area contributed by atoms with Crippen molar-refractivity contribution in [2.75, 3.05) is 20.2 Å². The summed E-state index contributed by atoms with van der Waals surface area (Å²) in [6.07, 6.45) is 1.23. The van der Waals surface area contributed by atoms with E-state index in [0.717, 1.165) is 12.2 Å². The van der Waals surface area contributed by atoms with Crippen molar-refractivity contribution in [3.8, 4) is 5.75 Å². The van der Waals surface area contributed by atoms with Crippen LogP contribution in [-0.2, 0) is 4.79 Å². The zero-order chi connectivity index (χ0) is 13.2. The molecular formula is C14H23ClN2O2. The van der Waals surface area contributed by atoms with Crippen molar-refractivity contribution in [1.29, 1.82) is 0 Å². The highest BCUT2D eigenvalue weighted by Crippen LogP contribution is 2.08. The molecule has 1 aromatic carbocycles. The lowest BCUT2D eigenvalue weighted by Gasteiger charge is -2.11. The van der Waals surface area contributed by atoms with E-state index in [2.05, 4.69) is 10.6 Å². The van der Waals surface area contributed by atoms with E-state index < -0.39 is 0 Å². The standard InChI is InChI=1S/C14H22N2O2.ClH/c1-12(15-2)11-16-14(17)9-6-10-18-13-7-4-3-5-8-13;/h3-5,7-8,12,15H,6,9-11H2,1-2H3,(H,16,17);1H. The van der Waals surface area contributed by atoms with Gasteiger partial charge in [-0.1, -0.05) is 18.2 Å². The van der Waals surface area contributed by atoms with Gasteiger partial charge < -0.3 is 15.4 Å². The van der Waals surface area contributed by atoms with Crippen molar-refractivity contribution in [3.05, 3.63) is 30.3 Å². The number of hydrogen-bond acceptors (Lipinski definition) is 3. The molecule has 1 atom stereocenters. The van der Waals surface area contributed by atoms with Crippen LogP contribution in [0.15, 0.2) is 30.3 Å². The number of carbonyl (C=O) groups excluding carboxylic acids is 1. The summed E-state index contributed by atoms with van der Waals surface area (Å²) in [5.41, 5.74) is 0. The third-order valence-electron chi connectivity index (χ3n) is 2.66. The first-order valence-corrected chi connectivity index (χ1v) is 6.34. The van der Waals surface area contributed by atoms with E-state index in [4.69, 9.17) is 4.74 Å². The van der Waals surface area contributed by atoms with Gasteiger partial charge in [0, 0.05) is 19.0 Å². The Morgan fingerprint density at radius 3 is 2.63 bits per heavy atom. The summed E-state index contributed by atoms with van der Waals surface area (Å²) in [5.74, 6) is 0.926. The lowest BCUT2D eigenvalue weighted by Crippen LogP contribution is -2.37. The normalized spacial score (nSPS) is 11.3. The molecule has 0 heterocycles. The molecule has 1 rings (SSSR count). The Bertz CT molecular complexity index is 347. The quantitative estimate of drug-likeness (QED) is 0.719. The first-order chi connectivity index (χ1) is 8.72. The second-order valence-electron chi connectivity index (χ2n) is 4.26. The van der Waals surface area contributed by atoms with E-state index in [1.807, 2.05) is 44.3 Å². The average molecular weight is 287 g/mol. The highest BCUT2D eigenvalue weighted by molar-refractivity contribution is 5.85. The van der Waals surface area contributed by atoms with Crippen LogP contribution >= 0.6 is 12.4 Å². The minimum absolute atomic E-state index is 0. The number of halogens is 1. The topological polar surface area (TPSA) is 50.4 Å². The van der Waals surface area contributed by atoms with Gasteiger partial charge >= 0.3 is 0 Å². The van der Waals surface area contributed by atoms with Gasteiger partial charge in [0.05, 0.1) is 6.61 Å². The van der Waals surface area contributed by atoms with Gasteiger partial charge in [0.2, 0.25) is 5.91 Å². The molecule has 0 saturated carbocycles. The monoisotopic (exact) mass is 286 g/mol. The van der Waals surface area contributed by atoms with Crippen molar-refractivity contribution in [2.24, 2.45) is 0 Å². The van der Waals surface area contributed by atoms with E-state index in [1.54, 1.807) is 0 Å². The molecule has 5 heteroatoms. The molecule has 0 spiro atoms. The second kappa shape index (κ2) is 10.6. The third-order valence-corrected chi connectivity index (χ3v) is 2.66. The molecule has 0 radical (unpaired) electrons. The maximum atomic E-state index is 11.5. The van der Waals surface area contributed by atoms with Crippen LogP contribution in [0.1, 0.15) is 19.8 Å². The Morgan fingerprint density at radius 1 is 1.32 bits per heavy atom. The average Bonchev–Trinajstić information content (AvgIpc) is 2.42. The summed E-state index contributed by atoms with van der Waals surface area (Å²) in [4.78, 5) is 11.5. The van der Waals surface area contributed by atoms with Crippen LogP contribution in [0.4, 0.5) is 0 Å². The molecule has 0 bridgehead atoms. The van der Waals surface area contributed by atoms with Crippen LogP contribution in [0.2, 0.25) is 0 Å². The van der Waals surface area contributed by atoms with E-state index in [-0.39, 0.29) is 18.3 Å². The number of rotatable bonds is 8. The molecule has 0 aliphatic heterocycles. The number of para-hydroxylation sites is 1. The van der Waals surface area contributed by atoms with Crippen LogP contribution < -0.4 is 15.4 Å². The predicted molar refractivity (Wildman–Crippen MR) is 80.0 cm³/mol. The van der Waals surface area contributed by atoms with Gasteiger partial charge in [-0.3, -0.25) is 4.79 Å². The predicted octanol–water partition coefficient (Wildman–Crippen LogP) is 1.99. The zero-order valence-electron chi connectivity index (χ0n) is 11.5. The molecule has 0 aliphatic carbocycles. The summed E-state index contributed by atoms with van der Waals surface area (Å²) in [5, 5.41) is 5.94. The first-order valence-electron chi connectivity index (χ1n) is 6.34. The number of nitrogens with one attached hydrogen (secondary N) is 2. The molecular weight excluding hydrogens is 264 g/mol. The van der Waals surface area contributed by atoms with Crippen LogP contribution in [0, 0.1) is 0 Å². The molecule has 2 N–H and O–H groups in total. The molecule has 0 aromatic heterocycles. The Hall–Kier alpha value is -1.26. The largest absolute Gasteiger partial charge is 0.494 e. The maximum absolute atomic E-state index is 11.5. The number of likely N-dealkylation sites (N-methyl/N-ethyl adjacent to an activating group) is 1. The number of benzene rings is 1. The zero-order valence-corrected chi connectivity index (χ0v) is 12.3. The van der Waals surface area contributed by atoms with Gasteiger partial charge in [0.25, 0.3) is 0 Å². The number of hydrogen-bond donors (Lipinski definition) is 2. The summed E-state index contributed by atoms with van der Waals surface area (Å²) >= 11 is 0. The van der Waals surface area contributed by atoms with Crippen molar-refractivity contribution >= 4 is 18.3 Å². The fourth-order valence-electron chi connectivity index (χ4n) is 1.40. The fraction of sp³-hybridized carbons (Fsp3) is 0.500. The summed E-state index contributed by atoms with van der Waals surface area (Å²) in [6, 6.07) is 9.93. The van der Waals surface area contributed by atoms with Crippen LogP contribution in [0.25, 0.3) is 0 Å². The van der Waals surface area contributed by atoms with E-state index in [9.17, 15) is 4.79 Å². The Labute approximate surface area is 121 Å². The SMILES string of the molecule is CNC(C)CNC(=O)CCCOc1ccccc1.Cl. The van der Waals surface area contributed by atoms with Crippen LogP contribution in [0.3, 0.4) is 0 Å². The van der Waals surface area contributed by atoms with E-state index in [1.165, 1.54) is 0 Å². The minimum Gasteiger partial charge on any atom is -0.494 e. The van der Waals surface area contributed by atoms with Crippen molar-refractivity contribution in [2.45, 2.75) is 25.8 Å². The molecule has 1 aromatic rings. The van der Waals surface area contributed by atoms with Crippen molar-refractivity contribution < 1.29 is 9.53 Å². The van der Waals surface area contributed by atoms with Crippen LogP contribution in [0.5, 0.6) is 5.75 Å².